The minimum absolute atomic E-state index is 0.323. The van der Waals surface area contributed by atoms with Crippen LogP contribution in [0.3, 0.4) is 0 Å². The zero-order chi connectivity index (χ0) is 10.8. The van der Waals surface area contributed by atoms with E-state index in [0.29, 0.717) is 21.3 Å². The smallest absolute Gasteiger partial charge is 0.266 e. The third-order valence-corrected chi connectivity index (χ3v) is 3.32. The zero-order valence-corrected chi connectivity index (χ0v) is 8.64. The van der Waals surface area contributed by atoms with Gasteiger partial charge in [-0.05, 0) is 24.3 Å². The van der Waals surface area contributed by atoms with Crippen LogP contribution in [0, 0.1) is 0 Å². The van der Waals surface area contributed by atoms with Crippen molar-refractivity contribution in [2.45, 2.75) is 4.90 Å². The maximum absolute atomic E-state index is 10.7. The average Bonchev–Trinajstić information content (AvgIpc) is 2.02. The van der Waals surface area contributed by atoms with Crippen LogP contribution in [0.4, 0.5) is 0 Å². The molecule has 4 N–H and O–H groups in total. The van der Waals surface area contributed by atoms with E-state index in [1.54, 1.807) is 0 Å². The lowest BCUT2D eigenvalue weighted by Crippen LogP contribution is -2.10. The second-order valence-electron chi connectivity index (χ2n) is 2.46. The third-order valence-electron chi connectivity index (χ3n) is 1.35. The molecular weight excluding hydrogens is 224 g/mol. The van der Waals surface area contributed by atoms with Gasteiger partial charge in [0.1, 0.15) is 0 Å². The highest BCUT2D eigenvalue weighted by Crippen LogP contribution is 2.21. The Morgan fingerprint density at radius 3 is 2.07 bits per heavy atom. The SMILES string of the molecule is NC(=O)c1ccc(SS(N)(=O)=O)cc1. The first-order valence-corrected chi connectivity index (χ1v) is 6.38. The largest absolute Gasteiger partial charge is 0.366 e. The van der Waals surface area contributed by atoms with E-state index in [0.717, 1.165) is 0 Å². The molecule has 0 aliphatic rings. The molecule has 0 spiro atoms. The molecule has 1 amide bonds. The molecule has 0 radical (unpaired) electrons. The number of carbonyl (C=O) groups is 1. The van der Waals surface area contributed by atoms with E-state index in [1.807, 2.05) is 0 Å². The summed E-state index contributed by atoms with van der Waals surface area (Å²) in [6, 6.07) is 5.82. The highest BCUT2D eigenvalue weighted by atomic mass is 33.1. The second-order valence-corrected chi connectivity index (χ2v) is 5.98. The van der Waals surface area contributed by atoms with Gasteiger partial charge in [0.05, 0.1) is 0 Å². The van der Waals surface area contributed by atoms with Crippen LogP contribution in [0.15, 0.2) is 29.2 Å². The minimum atomic E-state index is -3.61. The van der Waals surface area contributed by atoms with E-state index >= 15 is 0 Å². The van der Waals surface area contributed by atoms with E-state index in [-0.39, 0.29) is 0 Å². The normalized spacial score (nSPS) is 11.2. The molecular formula is C7H8N2O3S2. The van der Waals surface area contributed by atoms with Crippen LogP contribution in [-0.2, 0) is 9.06 Å². The number of nitrogens with two attached hydrogens (primary N) is 2. The van der Waals surface area contributed by atoms with Gasteiger partial charge in [-0.1, -0.05) is 0 Å². The summed E-state index contributed by atoms with van der Waals surface area (Å²) in [6.07, 6.45) is 0. The lowest BCUT2D eigenvalue weighted by atomic mass is 10.2. The predicted molar refractivity (Wildman–Crippen MR) is 53.9 cm³/mol. The van der Waals surface area contributed by atoms with E-state index in [1.165, 1.54) is 24.3 Å². The Hall–Kier alpha value is -1.05. The standard InChI is InChI=1S/C7H8N2O3S2/c8-7(10)5-1-3-6(4-2-5)13-14(9,11)12/h1-4H,(H2,8,10)(H2,9,11,12). The van der Waals surface area contributed by atoms with Crippen LogP contribution in [0.5, 0.6) is 0 Å². The topological polar surface area (TPSA) is 103 Å². The molecule has 0 saturated carbocycles. The quantitative estimate of drug-likeness (QED) is 0.720. The van der Waals surface area contributed by atoms with Gasteiger partial charge in [0.2, 0.25) is 5.91 Å². The van der Waals surface area contributed by atoms with Crippen molar-refractivity contribution in [2.24, 2.45) is 10.9 Å². The van der Waals surface area contributed by atoms with Crippen molar-refractivity contribution < 1.29 is 13.2 Å². The van der Waals surface area contributed by atoms with Crippen molar-refractivity contribution in [3.05, 3.63) is 29.8 Å². The average molecular weight is 232 g/mol. The second kappa shape index (κ2) is 3.99. The number of primary amides is 1. The summed E-state index contributed by atoms with van der Waals surface area (Å²) >= 11 is 0. The lowest BCUT2D eigenvalue weighted by molar-refractivity contribution is 0.1000. The van der Waals surface area contributed by atoms with Crippen LogP contribution < -0.4 is 10.9 Å². The van der Waals surface area contributed by atoms with Crippen molar-refractivity contribution in [3.8, 4) is 0 Å². The van der Waals surface area contributed by atoms with Gasteiger partial charge in [-0.15, -0.1) is 0 Å². The fourth-order valence-electron chi connectivity index (χ4n) is 0.809. The first-order valence-electron chi connectivity index (χ1n) is 3.50. The molecule has 0 aromatic heterocycles. The molecule has 14 heavy (non-hydrogen) atoms. The van der Waals surface area contributed by atoms with Gasteiger partial charge in [0, 0.05) is 21.3 Å². The number of carbonyl (C=O) groups excluding carboxylic acids is 1. The number of hydrogen-bond donors (Lipinski definition) is 2. The maximum Gasteiger partial charge on any atom is 0.266 e. The van der Waals surface area contributed by atoms with Crippen LogP contribution >= 0.6 is 10.8 Å². The van der Waals surface area contributed by atoms with Gasteiger partial charge in [0.15, 0.2) is 0 Å². The van der Waals surface area contributed by atoms with E-state index in [4.69, 9.17) is 10.9 Å². The molecule has 1 aromatic carbocycles. The summed E-state index contributed by atoms with van der Waals surface area (Å²) in [4.78, 5) is 11.1. The van der Waals surface area contributed by atoms with E-state index in [2.05, 4.69) is 0 Å². The van der Waals surface area contributed by atoms with Gasteiger partial charge in [0.25, 0.3) is 9.06 Å². The van der Waals surface area contributed by atoms with Crippen molar-refractivity contribution in [3.63, 3.8) is 0 Å². The van der Waals surface area contributed by atoms with E-state index in [9.17, 15) is 13.2 Å². The summed E-state index contributed by atoms with van der Waals surface area (Å²) in [5.74, 6) is -0.558. The van der Waals surface area contributed by atoms with Gasteiger partial charge in [-0.3, -0.25) is 4.79 Å². The number of benzene rings is 1. The number of hydrogen-bond acceptors (Lipinski definition) is 4. The van der Waals surface area contributed by atoms with Gasteiger partial charge >= 0.3 is 0 Å². The Bertz CT molecular complexity index is 439. The molecule has 76 valence electrons. The molecule has 0 saturated heterocycles. The molecule has 0 heterocycles. The van der Waals surface area contributed by atoms with Crippen molar-refractivity contribution in [2.75, 3.05) is 0 Å². The van der Waals surface area contributed by atoms with Crippen molar-refractivity contribution in [1.29, 1.82) is 0 Å². The highest BCUT2D eigenvalue weighted by Gasteiger charge is 2.06. The lowest BCUT2D eigenvalue weighted by Gasteiger charge is -1.99. The first-order chi connectivity index (χ1) is 6.38. The number of rotatable bonds is 3. The summed E-state index contributed by atoms with van der Waals surface area (Å²) < 4.78 is 21.3. The molecule has 0 aliphatic carbocycles. The summed E-state index contributed by atoms with van der Waals surface area (Å²) in [6.45, 7) is 0. The molecule has 0 aliphatic heterocycles. The molecule has 0 bridgehead atoms. The fourth-order valence-corrected chi connectivity index (χ4v) is 2.46. The molecule has 5 nitrogen and oxygen atoms in total. The molecule has 0 unspecified atom stereocenters. The zero-order valence-electron chi connectivity index (χ0n) is 7.01. The molecule has 0 fully saturated rings. The Labute approximate surface area is 84.9 Å². The van der Waals surface area contributed by atoms with E-state index < -0.39 is 15.0 Å². The third kappa shape index (κ3) is 3.36. The fraction of sp³-hybridized carbons (Fsp3) is 0. The van der Waals surface area contributed by atoms with Crippen LogP contribution in [0.25, 0.3) is 0 Å². The van der Waals surface area contributed by atoms with Crippen LogP contribution in [0.1, 0.15) is 10.4 Å². The Kier molecular flexibility index (Phi) is 3.14. The van der Waals surface area contributed by atoms with Gasteiger partial charge in [-0.2, -0.15) is 0 Å². The van der Waals surface area contributed by atoms with Crippen molar-refractivity contribution in [1.82, 2.24) is 0 Å². The van der Waals surface area contributed by atoms with Crippen molar-refractivity contribution >= 4 is 25.8 Å². The predicted octanol–water partition coefficient (Wildman–Crippen LogP) is 0.0811. The van der Waals surface area contributed by atoms with Crippen LogP contribution in [0.2, 0.25) is 0 Å². The molecule has 1 aromatic rings. The molecule has 1 rings (SSSR count). The highest BCUT2D eigenvalue weighted by molar-refractivity contribution is 8.71. The summed E-state index contributed by atoms with van der Waals surface area (Å²) in [5.41, 5.74) is 5.33. The maximum atomic E-state index is 10.7. The first kappa shape index (κ1) is 11.0. The Morgan fingerprint density at radius 2 is 1.71 bits per heavy atom. The minimum Gasteiger partial charge on any atom is -0.366 e. The number of amides is 1. The van der Waals surface area contributed by atoms with Crippen LogP contribution in [-0.4, -0.2) is 14.3 Å². The van der Waals surface area contributed by atoms with Gasteiger partial charge in [-0.25, -0.2) is 13.6 Å². The summed E-state index contributed by atoms with van der Waals surface area (Å²) in [7, 11) is -3.09. The Morgan fingerprint density at radius 1 is 1.21 bits per heavy atom. The van der Waals surface area contributed by atoms with Gasteiger partial charge < -0.3 is 5.73 Å². The summed E-state index contributed by atoms with van der Waals surface area (Å²) in [5, 5.41) is 4.81. The monoisotopic (exact) mass is 232 g/mol. The molecule has 7 heteroatoms. The Balaban J connectivity index is 2.90. The molecule has 0 atom stereocenters.